The Morgan fingerprint density at radius 2 is 1.33 bits per heavy atom. The Bertz CT molecular complexity index is 1480. The van der Waals surface area contributed by atoms with Crippen LogP contribution in [0, 0.1) is 0 Å². The Balaban J connectivity index is 1.07. The third kappa shape index (κ3) is 9.37. The van der Waals surface area contributed by atoms with Gasteiger partial charge < -0.3 is 18.9 Å². The molecule has 5 nitrogen and oxygen atoms in total. The largest absolute Gasteiger partial charge is 0.494 e. The number of esters is 1. The van der Waals surface area contributed by atoms with Crippen molar-refractivity contribution in [2.24, 2.45) is 0 Å². The molecule has 0 amide bonds. The van der Waals surface area contributed by atoms with E-state index in [1.54, 1.807) is 6.92 Å². The van der Waals surface area contributed by atoms with E-state index in [1.165, 1.54) is 44.9 Å². The van der Waals surface area contributed by atoms with Crippen molar-refractivity contribution >= 4 is 5.97 Å². The van der Waals surface area contributed by atoms with Crippen LogP contribution >= 0.6 is 0 Å². The zero-order valence-electron chi connectivity index (χ0n) is 26.8. The number of aryl methyl sites for hydroxylation is 1. The molecule has 5 heteroatoms. The van der Waals surface area contributed by atoms with Crippen LogP contribution in [0.2, 0.25) is 0 Å². The lowest BCUT2D eigenvalue weighted by molar-refractivity contribution is -0.152. The first-order chi connectivity index (χ1) is 22.0. The van der Waals surface area contributed by atoms with E-state index in [9.17, 15) is 4.79 Å². The van der Waals surface area contributed by atoms with Crippen molar-refractivity contribution in [2.45, 2.75) is 90.3 Å². The van der Waals surface area contributed by atoms with Gasteiger partial charge in [0.25, 0.3) is 0 Å². The van der Waals surface area contributed by atoms with Gasteiger partial charge in [-0.15, -0.1) is 0 Å². The van der Waals surface area contributed by atoms with Gasteiger partial charge in [-0.3, -0.25) is 0 Å². The van der Waals surface area contributed by atoms with Crippen LogP contribution in [0.5, 0.6) is 23.0 Å². The fourth-order valence-corrected chi connectivity index (χ4v) is 5.59. The Hall–Kier alpha value is -4.25. The molecule has 1 atom stereocenters. The molecule has 0 saturated heterocycles. The maximum atomic E-state index is 13.2. The summed E-state index contributed by atoms with van der Waals surface area (Å²) in [7, 11) is 0. The van der Waals surface area contributed by atoms with E-state index in [0.717, 1.165) is 46.8 Å². The highest BCUT2D eigenvalue weighted by Gasteiger charge is 2.41. The normalized spacial score (nSPS) is 15.5. The Labute approximate surface area is 268 Å². The zero-order valence-corrected chi connectivity index (χ0v) is 26.8. The molecule has 0 spiro atoms. The summed E-state index contributed by atoms with van der Waals surface area (Å²) in [5.74, 6) is 2.46. The van der Waals surface area contributed by atoms with Crippen molar-refractivity contribution in [1.82, 2.24) is 0 Å². The van der Waals surface area contributed by atoms with Crippen LogP contribution in [-0.2, 0) is 17.8 Å². The molecule has 5 rings (SSSR count). The third-order valence-corrected chi connectivity index (χ3v) is 8.44. The Kier molecular flexibility index (Phi) is 11.6. The van der Waals surface area contributed by atoms with Crippen LogP contribution in [0.4, 0.5) is 0 Å². The molecule has 0 unspecified atom stereocenters. The molecular formula is C40H46O5. The highest BCUT2D eigenvalue weighted by molar-refractivity contribution is 5.82. The predicted octanol–water partition coefficient (Wildman–Crippen LogP) is 10.1. The number of carbonyl (C=O) groups excluding carboxylic acids is 1. The minimum absolute atomic E-state index is 0.400. The van der Waals surface area contributed by atoms with Crippen LogP contribution in [0.3, 0.4) is 0 Å². The molecule has 4 aromatic carbocycles. The van der Waals surface area contributed by atoms with Crippen molar-refractivity contribution in [3.63, 3.8) is 0 Å². The third-order valence-electron chi connectivity index (χ3n) is 8.44. The van der Waals surface area contributed by atoms with E-state index >= 15 is 0 Å². The molecule has 0 saturated carbocycles. The highest BCUT2D eigenvalue weighted by atomic mass is 16.6. The summed E-state index contributed by atoms with van der Waals surface area (Å²) >= 11 is 0. The molecule has 0 aliphatic carbocycles. The quantitative estimate of drug-likeness (QED) is 0.0722. The molecule has 0 fully saturated rings. The topological polar surface area (TPSA) is 54.0 Å². The van der Waals surface area contributed by atoms with Crippen molar-refractivity contribution in [3.05, 3.63) is 108 Å². The molecule has 0 bridgehead atoms. The summed E-state index contributed by atoms with van der Waals surface area (Å²) in [6.07, 6.45) is 11.5. The number of hydrogen-bond acceptors (Lipinski definition) is 5. The molecule has 1 heterocycles. The minimum atomic E-state index is -1.07. The molecule has 4 aromatic rings. The summed E-state index contributed by atoms with van der Waals surface area (Å²) in [5.41, 5.74) is 3.20. The lowest BCUT2D eigenvalue weighted by Crippen LogP contribution is -2.46. The van der Waals surface area contributed by atoms with Gasteiger partial charge in [-0.05, 0) is 84.5 Å². The van der Waals surface area contributed by atoms with E-state index in [1.807, 2.05) is 84.9 Å². The van der Waals surface area contributed by atoms with Gasteiger partial charge in [-0.2, -0.15) is 0 Å². The standard InChI is InChI=1S/C40H46O5/c1-3-4-5-6-7-8-9-13-28-42-35-20-16-32(17-21-35)33-18-22-36(23-19-33)44-39(41)40(2)27-26-34-29-37(24-25-38(34)45-40)43-30-31-14-11-10-12-15-31/h10-12,14-25,29H,3-9,13,26-28,30H2,1-2H3/t40-/m0/s1. The van der Waals surface area contributed by atoms with Crippen LogP contribution in [0.15, 0.2) is 97.1 Å². The SMILES string of the molecule is CCCCCCCCCCOc1ccc(-c2ccc(OC(=O)[C@]3(C)CCc4cc(OCc5ccccc5)ccc4O3)cc2)cc1. The monoisotopic (exact) mass is 606 g/mol. The fraction of sp³-hybridized carbons (Fsp3) is 0.375. The van der Waals surface area contributed by atoms with E-state index in [-0.39, 0.29) is 0 Å². The Morgan fingerprint density at radius 3 is 2.02 bits per heavy atom. The molecule has 0 N–H and O–H groups in total. The van der Waals surface area contributed by atoms with Crippen LogP contribution < -0.4 is 18.9 Å². The van der Waals surface area contributed by atoms with Gasteiger partial charge in [0.05, 0.1) is 6.61 Å². The number of hydrogen-bond donors (Lipinski definition) is 0. The number of rotatable bonds is 16. The van der Waals surface area contributed by atoms with Crippen molar-refractivity contribution in [1.29, 1.82) is 0 Å². The number of benzene rings is 4. The van der Waals surface area contributed by atoms with Crippen molar-refractivity contribution in [2.75, 3.05) is 6.61 Å². The second kappa shape index (κ2) is 16.2. The van der Waals surface area contributed by atoms with E-state index in [4.69, 9.17) is 18.9 Å². The maximum absolute atomic E-state index is 13.2. The summed E-state index contributed by atoms with van der Waals surface area (Å²) in [5, 5.41) is 0. The number of ether oxygens (including phenoxy) is 4. The second-order valence-electron chi connectivity index (χ2n) is 12.1. The first kappa shape index (κ1) is 32.2. The van der Waals surface area contributed by atoms with Gasteiger partial charge in [0.1, 0.15) is 29.6 Å². The van der Waals surface area contributed by atoms with Gasteiger partial charge in [-0.1, -0.05) is 106 Å². The average Bonchev–Trinajstić information content (AvgIpc) is 3.07. The predicted molar refractivity (Wildman–Crippen MR) is 180 cm³/mol. The maximum Gasteiger partial charge on any atom is 0.355 e. The lowest BCUT2D eigenvalue weighted by Gasteiger charge is -2.33. The second-order valence-corrected chi connectivity index (χ2v) is 12.1. The summed E-state index contributed by atoms with van der Waals surface area (Å²) in [6.45, 7) is 5.31. The number of fused-ring (bicyclic) bond motifs is 1. The van der Waals surface area contributed by atoms with Crippen LogP contribution in [0.25, 0.3) is 11.1 Å². The molecule has 0 radical (unpaired) electrons. The number of unbranched alkanes of at least 4 members (excludes halogenated alkanes) is 7. The molecule has 1 aliphatic rings. The minimum Gasteiger partial charge on any atom is -0.494 e. The summed E-state index contributed by atoms with van der Waals surface area (Å²) in [6, 6.07) is 31.6. The fourth-order valence-electron chi connectivity index (χ4n) is 5.59. The van der Waals surface area contributed by atoms with E-state index in [2.05, 4.69) is 19.1 Å². The van der Waals surface area contributed by atoms with Crippen LogP contribution in [0.1, 0.15) is 82.8 Å². The number of carbonyl (C=O) groups is 1. The molecular weight excluding hydrogens is 560 g/mol. The summed E-state index contributed by atoms with van der Waals surface area (Å²) < 4.78 is 23.9. The van der Waals surface area contributed by atoms with Crippen LogP contribution in [-0.4, -0.2) is 18.2 Å². The molecule has 236 valence electrons. The summed E-state index contributed by atoms with van der Waals surface area (Å²) in [4.78, 5) is 13.2. The van der Waals surface area contributed by atoms with E-state index in [0.29, 0.717) is 30.9 Å². The van der Waals surface area contributed by atoms with Gasteiger partial charge in [0, 0.05) is 6.42 Å². The van der Waals surface area contributed by atoms with E-state index < -0.39 is 11.6 Å². The van der Waals surface area contributed by atoms with Gasteiger partial charge in [0.2, 0.25) is 5.60 Å². The first-order valence-corrected chi connectivity index (χ1v) is 16.6. The van der Waals surface area contributed by atoms with Crippen molar-refractivity contribution < 1.29 is 23.7 Å². The van der Waals surface area contributed by atoms with Gasteiger partial charge >= 0.3 is 5.97 Å². The van der Waals surface area contributed by atoms with Crippen molar-refractivity contribution in [3.8, 4) is 34.1 Å². The molecule has 0 aromatic heterocycles. The average molecular weight is 607 g/mol. The zero-order chi connectivity index (χ0) is 31.3. The first-order valence-electron chi connectivity index (χ1n) is 16.6. The Morgan fingerprint density at radius 1 is 0.711 bits per heavy atom. The lowest BCUT2D eigenvalue weighted by atomic mass is 9.92. The van der Waals surface area contributed by atoms with Gasteiger partial charge in [0.15, 0.2) is 0 Å². The highest BCUT2D eigenvalue weighted by Crippen LogP contribution is 2.37. The molecule has 45 heavy (non-hydrogen) atoms. The smallest absolute Gasteiger partial charge is 0.355 e. The molecule has 1 aliphatic heterocycles. The van der Waals surface area contributed by atoms with Gasteiger partial charge in [-0.25, -0.2) is 4.79 Å².